The SMILES string of the molecule is Cn1cc(NC(=O)c2cnn3ccc(NC4CNCCC4(F)F)nc23)c(C(F)F)n1. The van der Waals surface area contributed by atoms with Crippen LogP contribution in [0.5, 0.6) is 0 Å². The van der Waals surface area contributed by atoms with Gasteiger partial charge in [0.25, 0.3) is 18.3 Å². The number of amides is 1. The van der Waals surface area contributed by atoms with Crippen molar-refractivity contribution in [3.05, 3.63) is 35.9 Å². The standard InChI is InChI=1S/C17H18F4N8O/c1-28-8-10(13(27-28)14(18)19)24-16(30)9-6-23-29-5-2-12(26-15(9)29)25-11-7-22-4-3-17(11,20)21/h2,5-6,8,11,14,22H,3-4,7H2,1H3,(H,24,30)(H,25,26). The van der Waals surface area contributed by atoms with Gasteiger partial charge >= 0.3 is 0 Å². The monoisotopic (exact) mass is 426 g/mol. The summed E-state index contributed by atoms with van der Waals surface area (Å²) in [4.78, 5) is 16.9. The first kappa shape index (κ1) is 20.1. The van der Waals surface area contributed by atoms with Gasteiger partial charge in [-0.05, 0) is 6.07 Å². The van der Waals surface area contributed by atoms with Crippen LogP contribution in [0.15, 0.2) is 24.7 Å². The molecule has 4 rings (SSSR count). The second-order valence-corrected chi connectivity index (χ2v) is 6.91. The highest BCUT2D eigenvalue weighted by atomic mass is 19.3. The Morgan fingerprint density at radius 3 is 2.93 bits per heavy atom. The lowest BCUT2D eigenvalue weighted by molar-refractivity contribution is -0.0384. The molecule has 3 aromatic heterocycles. The summed E-state index contributed by atoms with van der Waals surface area (Å²) in [6.45, 7) is 0.281. The van der Waals surface area contributed by atoms with Crippen molar-refractivity contribution >= 4 is 23.1 Å². The summed E-state index contributed by atoms with van der Waals surface area (Å²) in [5, 5.41) is 15.6. The third kappa shape index (κ3) is 3.79. The maximum atomic E-state index is 14.1. The number of aryl methyl sites for hydroxylation is 1. The molecule has 1 saturated heterocycles. The van der Waals surface area contributed by atoms with E-state index in [1.807, 2.05) is 0 Å². The third-order valence-corrected chi connectivity index (χ3v) is 4.74. The molecule has 1 unspecified atom stereocenters. The van der Waals surface area contributed by atoms with Gasteiger partial charge in [0.05, 0.1) is 11.9 Å². The first-order valence-electron chi connectivity index (χ1n) is 9.07. The van der Waals surface area contributed by atoms with Crippen LogP contribution in [0.3, 0.4) is 0 Å². The Kier molecular flexibility index (Phi) is 5.05. The number of halogens is 4. The first-order valence-corrected chi connectivity index (χ1v) is 9.07. The van der Waals surface area contributed by atoms with Gasteiger partial charge in [0.15, 0.2) is 11.3 Å². The van der Waals surface area contributed by atoms with E-state index < -0.39 is 30.0 Å². The van der Waals surface area contributed by atoms with E-state index in [2.05, 4.69) is 31.1 Å². The Balaban J connectivity index is 1.59. The van der Waals surface area contributed by atoms with Crippen molar-refractivity contribution < 1.29 is 22.4 Å². The number of piperidine rings is 1. The molecule has 4 heterocycles. The van der Waals surface area contributed by atoms with Crippen LogP contribution in [0, 0.1) is 0 Å². The molecule has 13 heteroatoms. The summed E-state index contributed by atoms with van der Waals surface area (Å²) in [6.07, 6.45) is 0.764. The second-order valence-electron chi connectivity index (χ2n) is 6.91. The number of hydrogen-bond acceptors (Lipinski definition) is 6. The van der Waals surface area contributed by atoms with E-state index in [1.54, 1.807) is 0 Å². The summed E-state index contributed by atoms with van der Waals surface area (Å²) in [6, 6.07) is 0.299. The van der Waals surface area contributed by atoms with E-state index in [0.717, 1.165) is 4.68 Å². The fourth-order valence-corrected chi connectivity index (χ4v) is 3.22. The minimum atomic E-state index is -2.91. The molecule has 0 aliphatic carbocycles. The first-order chi connectivity index (χ1) is 14.2. The Morgan fingerprint density at radius 1 is 1.40 bits per heavy atom. The highest BCUT2D eigenvalue weighted by Gasteiger charge is 2.41. The van der Waals surface area contributed by atoms with E-state index in [1.165, 1.54) is 36.2 Å². The number of carbonyl (C=O) groups excluding carboxylic acids is 1. The fourth-order valence-electron chi connectivity index (χ4n) is 3.22. The van der Waals surface area contributed by atoms with Gasteiger partial charge in [0.2, 0.25) is 0 Å². The highest BCUT2D eigenvalue weighted by Crippen LogP contribution is 2.28. The lowest BCUT2D eigenvalue weighted by atomic mass is 10.0. The maximum absolute atomic E-state index is 14.1. The molecule has 0 spiro atoms. The minimum absolute atomic E-state index is 0.00347. The summed E-state index contributed by atoms with van der Waals surface area (Å²) < 4.78 is 56.8. The van der Waals surface area contributed by atoms with E-state index in [9.17, 15) is 22.4 Å². The van der Waals surface area contributed by atoms with Crippen LogP contribution >= 0.6 is 0 Å². The van der Waals surface area contributed by atoms with E-state index in [4.69, 9.17) is 0 Å². The molecule has 1 atom stereocenters. The molecule has 0 aromatic carbocycles. The summed E-state index contributed by atoms with van der Waals surface area (Å²) >= 11 is 0. The van der Waals surface area contributed by atoms with Crippen LogP contribution in [0.25, 0.3) is 5.65 Å². The number of alkyl halides is 4. The molecule has 9 nitrogen and oxygen atoms in total. The Bertz CT molecular complexity index is 1080. The Labute approximate surface area is 167 Å². The lowest BCUT2D eigenvalue weighted by Gasteiger charge is -2.32. The van der Waals surface area contributed by atoms with Gasteiger partial charge in [-0.2, -0.15) is 10.2 Å². The van der Waals surface area contributed by atoms with Gasteiger partial charge in [-0.3, -0.25) is 9.48 Å². The van der Waals surface area contributed by atoms with Crippen LogP contribution in [0.1, 0.15) is 28.9 Å². The minimum Gasteiger partial charge on any atom is -0.360 e. The van der Waals surface area contributed by atoms with E-state index in [-0.39, 0.29) is 42.2 Å². The third-order valence-electron chi connectivity index (χ3n) is 4.74. The largest absolute Gasteiger partial charge is 0.360 e. The zero-order valence-electron chi connectivity index (χ0n) is 15.7. The predicted octanol–water partition coefficient (Wildman–Crippen LogP) is 2.06. The van der Waals surface area contributed by atoms with Crippen LogP contribution in [-0.2, 0) is 7.05 Å². The van der Waals surface area contributed by atoms with Crippen LogP contribution in [0.4, 0.5) is 29.1 Å². The zero-order valence-corrected chi connectivity index (χ0v) is 15.7. The highest BCUT2D eigenvalue weighted by molar-refractivity contribution is 6.08. The molecule has 1 aliphatic heterocycles. The topological polar surface area (TPSA) is 101 Å². The number of anilines is 2. The van der Waals surface area contributed by atoms with Gasteiger partial charge in [-0.15, -0.1) is 0 Å². The number of rotatable bonds is 5. The number of aromatic nitrogens is 5. The van der Waals surface area contributed by atoms with Gasteiger partial charge in [-0.25, -0.2) is 27.1 Å². The van der Waals surface area contributed by atoms with Gasteiger partial charge < -0.3 is 16.0 Å². The van der Waals surface area contributed by atoms with Crippen molar-refractivity contribution in [1.82, 2.24) is 29.7 Å². The molecule has 0 radical (unpaired) electrons. The molecule has 160 valence electrons. The van der Waals surface area contributed by atoms with Crippen molar-refractivity contribution in [3.8, 4) is 0 Å². The van der Waals surface area contributed by atoms with Crippen LogP contribution in [0.2, 0.25) is 0 Å². The molecule has 30 heavy (non-hydrogen) atoms. The quantitative estimate of drug-likeness (QED) is 0.540. The van der Waals surface area contributed by atoms with Crippen LogP contribution in [-0.4, -0.2) is 55.3 Å². The molecule has 1 fully saturated rings. The van der Waals surface area contributed by atoms with E-state index in [0.29, 0.717) is 0 Å². The zero-order chi connectivity index (χ0) is 21.5. The number of hydrogen-bond donors (Lipinski definition) is 3. The molecule has 1 aliphatic rings. The molecule has 0 saturated carbocycles. The average Bonchev–Trinajstić information content (AvgIpc) is 3.26. The van der Waals surface area contributed by atoms with Gasteiger partial charge in [-0.1, -0.05) is 0 Å². The molecular formula is C17H18F4N8O. The fraction of sp³-hybridized carbons (Fsp3) is 0.412. The van der Waals surface area contributed by atoms with Crippen molar-refractivity contribution in [2.45, 2.75) is 24.8 Å². The van der Waals surface area contributed by atoms with Crippen molar-refractivity contribution in [3.63, 3.8) is 0 Å². The van der Waals surface area contributed by atoms with Gasteiger partial charge in [0.1, 0.15) is 17.4 Å². The molecular weight excluding hydrogens is 408 g/mol. The summed E-state index contributed by atoms with van der Waals surface area (Å²) in [5.74, 6) is -3.50. The summed E-state index contributed by atoms with van der Waals surface area (Å²) in [7, 11) is 1.45. The molecule has 3 N–H and O–H groups in total. The number of nitrogens with zero attached hydrogens (tertiary/aromatic N) is 5. The van der Waals surface area contributed by atoms with Crippen LogP contribution < -0.4 is 16.0 Å². The molecule has 3 aromatic rings. The van der Waals surface area contributed by atoms with Crippen molar-refractivity contribution in [2.75, 3.05) is 23.7 Å². The number of nitrogens with one attached hydrogen (secondary N) is 3. The smallest absolute Gasteiger partial charge is 0.284 e. The number of fused-ring (bicyclic) bond motifs is 1. The Hall–Kier alpha value is -3.22. The summed E-state index contributed by atoms with van der Waals surface area (Å²) in [5.41, 5.74) is -0.618. The predicted molar refractivity (Wildman–Crippen MR) is 98.9 cm³/mol. The maximum Gasteiger partial charge on any atom is 0.284 e. The van der Waals surface area contributed by atoms with Crippen molar-refractivity contribution in [2.24, 2.45) is 7.05 Å². The van der Waals surface area contributed by atoms with E-state index >= 15 is 0 Å². The molecule has 0 bridgehead atoms. The lowest BCUT2D eigenvalue weighted by Crippen LogP contribution is -2.52. The molecule has 1 amide bonds. The average molecular weight is 426 g/mol. The second kappa shape index (κ2) is 7.55. The van der Waals surface area contributed by atoms with Gasteiger partial charge in [0, 0.05) is 39.0 Å². The normalized spacial score (nSPS) is 18.7. The Morgan fingerprint density at radius 2 is 2.20 bits per heavy atom. The number of carbonyl (C=O) groups is 1. The van der Waals surface area contributed by atoms with Crippen molar-refractivity contribution in [1.29, 1.82) is 0 Å².